The summed E-state index contributed by atoms with van der Waals surface area (Å²) in [6.07, 6.45) is 2.59. The Morgan fingerprint density at radius 1 is 1.18 bits per heavy atom. The Balaban J connectivity index is 2.13. The van der Waals surface area contributed by atoms with Crippen LogP contribution in [-0.4, -0.2) is 43.8 Å². The van der Waals surface area contributed by atoms with Crippen LogP contribution in [0.1, 0.15) is 57.6 Å². The summed E-state index contributed by atoms with van der Waals surface area (Å²) in [4.78, 5) is 41.6. The monoisotopic (exact) mass is 470 g/mol. The van der Waals surface area contributed by atoms with Crippen molar-refractivity contribution >= 4 is 24.6 Å². The zero-order valence-corrected chi connectivity index (χ0v) is 20.7. The minimum absolute atomic E-state index is 0.0364. The molecule has 8 nitrogen and oxygen atoms in total. The van der Waals surface area contributed by atoms with Crippen molar-refractivity contribution in [3.63, 3.8) is 0 Å². The Morgan fingerprint density at radius 3 is 2.35 bits per heavy atom. The van der Waals surface area contributed by atoms with E-state index >= 15 is 0 Å². The minimum Gasteiger partial charge on any atom is -0.493 e. The van der Waals surface area contributed by atoms with Gasteiger partial charge in [0.15, 0.2) is 11.5 Å². The molecule has 1 N–H and O–H groups in total. The van der Waals surface area contributed by atoms with Crippen molar-refractivity contribution in [1.82, 2.24) is 5.32 Å². The number of hydrogen-bond acceptors (Lipinski definition) is 7. The summed E-state index contributed by atoms with van der Waals surface area (Å²) >= 11 is 0. The number of benzene rings is 1. The lowest BCUT2D eigenvalue weighted by molar-refractivity contribution is -0.152. The van der Waals surface area contributed by atoms with Crippen molar-refractivity contribution in [2.24, 2.45) is 10.9 Å². The molecule has 0 heterocycles. The number of allylic oxidation sites excluding steroid dienone is 1. The van der Waals surface area contributed by atoms with Crippen LogP contribution in [0.25, 0.3) is 0 Å². The van der Waals surface area contributed by atoms with E-state index in [0.717, 1.165) is 24.0 Å². The molecule has 0 bridgehead atoms. The maximum atomic E-state index is 12.9. The molecule has 1 aliphatic carbocycles. The fourth-order valence-electron chi connectivity index (χ4n) is 3.37. The van der Waals surface area contributed by atoms with E-state index in [4.69, 9.17) is 14.2 Å². The Morgan fingerprint density at radius 2 is 1.82 bits per heavy atom. The van der Waals surface area contributed by atoms with E-state index in [-0.39, 0.29) is 29.1 Å². The molecular formula is C26H34N2O6. The van der Waals surface area contributed by atoms with Gasteiger partial charge in [-0.3, -0.25) is 14.6 Å². The number of carbonyl (C=O) groups excluding carboxylic acids is 3. The van der Waals surface area contributed by atoms with Gasteiger partial charge < -0.3 is 19.5 Å². The van der Waals surface area contributed by atoms with Gasteiger partial charge >= 0.3 is 11.9 Å². The quantitative estimate of drug-likeness (QED) is 0.173. The van der Waals surface area contributed by atoms with Crippen LogP contribution in [0.2, 0.25) is 0 Å². The molecule has 0 aliphatic heterocycles. The number of rotatable bonds is 11. The molecule has 1 aromatic carbocycles. The number of hydrogen-bond donors (Lipinski definition) is 1. The highest BCUT2D eigenvalue weighted by Gasteiger charge is 2.34. The number of nitrogens with zero attached hydrogens (tertiary/aromatic N) is 1. The zero-order chi connectivity index (χ0) is 25.4. The third-order valence-electron chi connectivity index (χ3n) is 5.79. The number of aliphatic imine (C=N–C) groups is 1. The van der Waals surface area contributed by atoms with E-state index in [0.29, 0.717) is 0 Å². The highest BCUT2D eigenvalue weighted by Crippen LogP contribution is 2.32. The molecule has 1 aromatic rings. The van der Waals surface area contributed by atoms with Crippen LogP contribution >= 0.6 is 0 Å². The zero-order valence-electron chi connectivity index (χ0n) is 20.7. The van der Waals surface area contributed by atoms with Crippen molar-refractivity contribution in [2.45, 2.75) is 65.5 Å². The first kappa shape index (κ1) is 26.8. The first-order valence-electron chi connectivity index (χ1n) is 11.3. The summed E-state index contributed by atoms with van der Waals surface area (Å²) in [5, 5.41) is 2.55. The van der Waals surface area contributed by atoms with Crippen molar-refractivity contribution in [3.8, 4) is 0 Å². The molecule has 0 saturated heterocycles. The van der Waals surface area contributed by atoms with Gasteiger partial charge in [-0.05, 0) is 64.5 Å². The van der Waals surface area contributed by atoms with E-state index < -0.39 is 30.0 Å². The maximum absolute atomic E-state index is 12.9. The number of esters is 2. The molecule has 2 rings (SSSR count). The predicted molar refractivity (Wildman–Crippen MR) is 129 cm³/mol. The maximum Gasteiger partial charge on any atom is 0.328 e. The molecule has 0 radical (unpaired) electrons. The smallest absolute Gasteiger partial charge is 0.328 e. The lowest BCUT2D eigenvalue weighted by atomic mass is 9.92. The van der Waals surface area contributed by atoms with E-state index in [9.17, 15) is 14.4 Å². The Kier molecular flexibility index (Phi) is 9.59. The van der Waals surface area contributed by atoms with Gasteiger partial charge in [0.2, 0.25) is 5.76 Å². The number of nitrogens with one attached hydrogen (secondary N) is 1. The Labute approximate surface area is 201 Å². The molecule has 0 spiro atoms. The molecule has 34 heavy (non-hydrogen) atoms. The van der Waals surface area contributed by atoms with Crippen molar-refractivity contribution < 1.29 is 28.6 Å². The topological polar surface area (TPSA) is 103 Å². The van der Waals surface area contributed by atoms with Gasteiger partial charge in [0.05, 0.1) is 13.0 Å². The van der Waals surface area contributed by atoms with Crippen LogP contribution in [0, 0.1) is 12.8 Å². The number of carbonyl (C=O) groups is 3. The Hall–Kier alpha value is -3.42. The third-order valence-corrected chi connectivity index (χ3v) is 5.79. The van der Waals surface area contributed by atoms with Gasteiger partial charge in [-0.2, -0.15) is 0 Å². The van der Waals surface area contributed by atoms with Crippen molar-refractivity contribution in [2.75, 3.05) is 7.11 Å². The Bertz CT molecular complexity index is 993. The van der Waals surface area contributed by atoms with Crippen molar-refractivity contribution in [1.29, 1.82) is 0 Å². The van der Waals surface area contributed by atoms with E-state index in [2.05, 4.69) is 17.0 Å². The number of ether oxygens (including phenoxy) is 3. The lowest BCUT2D eigenvalue weighted by Crippen LogP contribution is -2.42. The summed E-state index contributed by atoms with van der Waals surface area (Å²) in [5.41, 5.74) is 1.93. The standard InChI is InChI=1S/C26H34N2O6/c1-8-21(32-7)23(34-26(31)19-13-14-19)22(27-6)24(29)28-17(4)25(30)33-18(5)16(3)20-12-10-9-11-15(20)2/h8-12,16-19H,6,13-14H2,1-5,7H3,(H,28,29)/b21-8+,23-22+/t16-,17+,18+/m1/s1. The van der Waals surface area contributed by atoms with Gasteiger partial charge in [0.1, 0.15) is 12.1 Å². The van der Waals surface area contributed by atoms with Gasteiger partial charge in [-0.25, -0.2) is 4.79 Å². The molecule has 1 amide bonds. The molecular weight excluding hydrogens is 436 g/mol. The third kappa shape index (κ3) is 6.79. The fraction of sp³-hybridized carbons (Fsp3) is 0.462. The van der Waals surface area contributed by atoms with Crippen LogP contribution in [0.3, 0.4) is 0 Å². The van der Waals surface area contributed by atoms with Crippen LogP contribution < -0.4 is 5.32 Å². The second-order valence-corrected chi connectivity index (χ2v) is 8.37. The van der Waals surface area contributed by atoms with E-state index in [1.165, 1.54) is 14.0 Å². The van der Waals surface area contributed by atoms with E-state index in [1.54, 1.807) is 13.0 Å². The first-order chi connectivity index (χ1) is 16.1. The number of aryl methyl sites for hydroxylation is 1. The van der Waals surface area contributed by atoms with Crippen LogP contribution in [0.15, 0.2) is 52.5 Å². The summed E-state index contributed by atoms with van der Waals surface area (Å²) < 4.78 is 16.3. The number of amides is 1. The van der Waals surface area contributed by atoms with Gasteiger partial charge in [-0.1, -0.05) is 31.2 Å². The largest absolute Gasteiger partial charge is 0.493 e. The highest BCUT2D eigenvalue weighted by molar-refractivity contribution is 5.97. The summed E-state index contributed by atoms with van der Waals surface area (Å²) in [6, 6.07) is 6.93. The molecule has 8 heteroatoms. The van der Waals surface area contributed by atoms with Crippen LogP contribution in [0.4, 0.5) is 0 Å². The van der Waals surface area contributed by atoms with Crippen LogP contribution in [-0.2, 0) is 28.6 Å². The first-order valence-corrected chi connectivity index (χ1v) is 11.3. The average molecular weight is 471 g/mol. The highest BCUT2D eigenvalue weighted by atomic mass is 16.6. The second kappa shape index (κ2) is 12.2. The molecule has 3 atom stereocenters. The molecule has 0 aromatic heterocycles. The molecule has 0 unspecified atom stereocenters. The lowest BCUT2D eigenvalue weighted by Gasteiger charge is -2.24. The summed E-state index contributed by atoms with van der Waals surface area (Å²) in [6.45, 7) is 12.4. The van der Waals surface area contributed by atoms with Crippen LogP contribution in [0.5, 0.6) is 0 Å². The second-order valence-electron chi connectivity index (χ2n) is 8.37. The molecule has 184 valence electrons. The average Bonchev–Trinajstić information content (AvgIpc) is 3.65. The molecule has 1 fully saturated rings. The predicted octanol–water partition coefficient (Wildman–Crippen LogP) is 3.95. The van der Waals surface area contributed by atoms with Gasteiger partial charge in [0, 0.05) is 5.92 Å². The number of methoxy groups -OCH3 is 1. The van der Waals surface area contributed by atoms with Gasteiger partial charge in [0.25, 0.3) is 5.91 Å². The summed E-state index contributed by atoms with van der Waals surface area (Å²) in [7, 11) is 1.38. The minimum atomic E-state index is -0.979. The van der Waals surface area contributed by atoms with E-state index in [1.807, 2.05) is 45.0 Å². The SMILES string of the molecule is C=N/C(C(=O)N[C@@H](C)C(=O)O[C@@H](C)[C@@H](C)c1ccccc1C)=C(OC(=O)C1CC1)\C(=C/C)OC. The normalized spacial score (nSPS) is 16.9. The van der Waals surface area contributed by atoms with Gasteiger partial charge in [-0.15, -0.1) is 0 Å². The fourth-order valence-corrected chi connectivity index (χ4v) is 3.37. The molecule has 1 aliphatic rings. The summed E-state index contributed by atoms with van der Waals surface area (Å²) in [5.74, 6) is -2.03. The van der Waals surface area contributed by atoms with Crippen molar-refractivity contribution in [3.05, 3.63) is 58.7 Å². The molecule has 1 saturated carbocycles.